The second-order valence-corrected chi connectivity index (χ2v) is 5.40. The van der Waals surface area contributed by atoms with E-state index in [0.717, 1.165) is 11.1 Å². The van der Waals surface area contributed by atoms with Gasteiger partial charge in [-0.25, -0.2) is 5.43 Å². The number of rotatable bonds is 3. The molecule has 1 aliphatic heterocycles. The molecule has 21 heavy (non-hydrogen) atoms. The number of ether oxygens (including phenoxy) is 2. The van der Waals surface area contributed by atoms with Crippen LogP contribution < -0.4 is 20.7 Å². The van der Waals surface area contributed by atoms with E-state index >= 15 is 0 Å². The Kier molecular flexibility index (Phi) is 4.22. The van der Waals surface area contributed by atoms with Gasteiger partial charge in [-0.3, -0.25) is 5.84 Å². The molecule has 3 rings (SSSR count). The second kappa shape index (κ2) is 6.12. The number of hydrogen-bond acceptors (Lipinski definition) is 4. The zero-order chi connectivity index (χ0) is 14.8. The van der Waals surface area contributed by atoms with Gasteiger partial charge < -0.3 is 9.47 Å². The van der Waals surface area contributed by atoms with Crippen LogP contribution in [-0.2, 0) is 0 Å². The van der Waals surface area contributed by atoms with Crippen LogP contribution in [0, 0.1) is 0 Å². The Hall–Kier alpha value is -1.46. The van der Waals surface area contributed by atoms with Crippen molar-refractivity contribution in [3.63, 3.8) is 0 Å². The highest BCUT2D eigenvalue weighted by Gasteiger charge is 2.24. The maximum atomic E-state index is 6.30. The summed E-state index contributed by atoms with van der Waals surface area (Å²) in [6, 6.07) is 10.8. The number of hydrogen-bond donors (Lipinski definition) is 2. The number of fused-ring (bicyclic) bond motifs is 1. The van der Waals surface area contributed by atoms with Gasteiger partial charge in [-0.15, -0.1) is 0 Å². The van der Waals surface area contributed by atoms with E-state index in [9.17, 15) is 0 Å². The molecule has 1 unspecified atom stereocenters. The largest absolute Gasteiger partial charge is 0.486 e. The Morgan fingerprint density at radius 3 is 2.52 bits per heavy atom. The smallest absolute Gasteiger partial charge is 0.166 e. The first-order chi connectivity index (χ1) is 10.2. The molecular formula is C15H14Cl2N2O2. The molecule has 0 amide bonds. The molecule has 0 fully saturated rings. The molecule has 6 heteroatoms. The fourth-order valence-electron chi connectivity index (χ4n) is 2.41. The summed E-state index contributed by atoms with van der Waals surface area (Å²) < 4.78 is 11.3. The Balaban J connectivity index is 2.11. The lowest BCUT2D eigenvalue weighted by Gasteiger charge is -2.25. The number of nitrogens with one attached hydrogen (secondary N) is 1. The zero-order valence-corrected chi connectivity index (χ0v) is 12.6. The second-order valence-electron chi connectivity index (χ2n) is 4.61. The topological polar surface area (TPSA) is 56.5 Å². The predicted octanol–water partition coefficient (Wildman–Crippen LogP) is 3.32. The first-order valence-electron chi connectivity index (χ1n) is 6.51. The van der Waals surface area contributed by atoms with Crippen LogP contribution in [-0.4, -0.2) is 13.2 Å². The highest BCUT2D eigenvalue weighted by atomic mass is 35.5. The minimum Gasteiger partial charge on any atom is -0.486 e. The average molecular weight is 325 g/mol. The van der Waals surface area contributed by atoms with Crippen molar-refractivity contribution in [3.8, 4) is 11.5 Å². The van der Waals surface area contributed by atoms with Crippen LogP contribution in [0.15, 0.2) is 36.4 Å². The Labute approximate surface area is 132 Å². The molecule has 0 saturated heterocycles. The van der Waals surface area contributed by atoms with E-state index in [1.54, 1.807) is 6.07 Å². The van der Waals surface area contributed by atoms with Gasteiger partial charge in [-0.1, -0.05) is 47.5 Å². The summed E-state index contributed by atoms with van der Waals surface area (Å²) in [6.45, 7) is 1.04. The molecule has 0 bridgehead atoms. The Morgan fingerprint density at radius 2 is 1.71 bits per heavy atom. The van der Waals surface area contributed by atoms with Gasteiger partial charge in [0.15, 0.2) is 11.5 Å². The molecule has 0 aromatic heterocycles. The minimum absolute atomic E-state index is 0.340. The van der Waals surface area contributed by atoms with E-state index in [1.807, 2.05) is 30.3 Å². The molecule has 2 aromatic carbocycles. The van der Waals surface area contributed by atoms with Gasteiger partial charge in [-0.2, -0.15) is 0 Å². The standard InChI is InChI=1S/C15H14Cl2N2O2/c16-11-5-1-3-9(13(11)17)14(19-18)10-4-2-6-12-15(10)21-8-7-20-12/h1-6,14,19H,7-8,18H2. The summed E-state index contributed by atoms with van der Waals surface area (Å²) >= 11 is 12.4. The SMILES string of the molecule is NNC(c1cccc(Cl)c1Cl)c1cccc2c1OCCO2. The van der Waals surface area contributed by atoms with Crippen molar-refractivity contribution < 1.29 is 9.47 Å². The van der Waals surface area contributed by atoms with Gasteiger partial charge in [0.25, 0.3) is 0 Å². The predicted molar refractivity (Wildman–Crippen MR) is 83.1 cm³/mol. The molecule has 0 radical (unpaired) electrons. The molecular weight excluding hydrogens is 311 g/mol. The highest BCUT2D eigenvalue weighted by Crippen LogP contribution is 2.41. The molecule has 0 aliphatic carbocycles. The zero-order valence-electron chi connectivity index (χ0n) is 11.1. The van der Waals surface area contributed by atoms with Crippen LogP contribution in [0.4, 0.5) is 0 Å². The minimum atomic E-state index is -0.340. The molecule has 110 valence electrons. The lowest BCUT2D eigenvalue weighted by molar-refractivity contribution is 0.169. The maximum Gasteiger partial charge on any atom is 0.166 e. The van der Waals surface area contributed by atoms with Crippen molar-refractivity contribution in [3.05, 3.63) is 57.6 Å². The maximum absolute atomic E-state index is 6.30. The van der Waals surface area contributed by atoms with Crippen LogP contribution in [0.5, 0.6) is 11.5 Å². The molecule has 3 N–H and O–H groups in total. The van der Waals surface area contributed by atoms with Gasteiger partial charge in [0.05, 0.1) is 16.1 Å². The fraction of sp³-hybridized carbons (Fsp3) is 0.200. The first-order valence-corrected chi connectivity index (χ1v) is 7.26. The normalized spacial score (nSPS) is 14.8. The van der Waals surface area contributed by atoms with Gasteiger partial charge in [0.2, 0.25) is 0 Å². The summed E-state index contributed by atoms with van der Waals surface area (Å²) in [5, 5.41) is 0.952. The van der Waals surface area contributed by atoms with Crippen molar-refractivity contribution in [1.82, 2.24) is 5.43 Å². The van der Waals surface area contributed by atoms with E-state index in [-0.39, 0.29) is 6.04 Å². The van der Waals surface area contributed by atoms with Gasteiger partial charge in [0, 0.05) is 5.56 Å². The molecule has 1 aliphatic rings. The van der Waals surface area contributed by atoms with Crippen molar-refractivity contribution in [2.24, 2.45) is 5.84 Å². The summed E-state index contributed by atoms with van der Waals surface area (Å²) in [5.74, 6) is 7.13. The number of halogens is 2. The lowest BCUT2D eigenvalue weighted by atomic mass is 9.97. The van der Waals surface area contributed by atoms with Crippen molar-refractivity contribution >= 4 is 23.2 Å². The van der Waals surface area contributed by atoms with Crippen LogP contribution in [0.2, 0.25) is 10.0 Å². The van der Waals surface area contributed by atoms with Gasteiger partial charge in [-0.05, 0) is 17.7 Å². The van der Waals surface area contributed by atoms with Crippen molar-refractivity contribution in [1.29, 1.82) is 0 Å². The molecule has 1 atom stereocenters. The third-order valence-electron chi connectivity index (χ3n) is 3.37. The van der Waals surface area contributed by atoms with Crippen molar-refractivity contribution in [2.75, 3.05) is 13.2 Å². The lowest BCUT2D eigenvalue weighted by Crippen LogP contribution is -2.30. The summed E-state index contributed by atoms with van der Waals surface area (Å²) in [7, 11) is 0. The molecule has 4 nitrogen and oxygen atoms in total. The summed E-state index contributed by atoms with van der Waals surface area (Å²) in [4.78, 5) is 0. The third kappa shape index (κ3) is 2.68. The molecule has 1 heterocycles. The van der Waals surface area contributed by atoms with Crippen LogP contribution in [0.3, 0.4) is 0 Å². The van der Waals surface area contributed by atoms with Crippen LogP contribution >= 0.6 is 23.2 Å². The Morgan fingerprint density at radius 1 is 1.00 bits per heavy atom. The average Bonchev–Trinajstić information content (AvgIpc) is 2.52. The number of benzene rings is 2. The first kappa shape index (κ1) is 14.5. The van der Waals surface area contributed by atoms with Crippen molar-refractivity contribution in [2.45, 2.75) is 6.04 Å². The molecule has 0 saturated carbocycles. The third-order valence-corrected chi connectivity index (χ3v) is 4.20. The number of nitrogens with two attached hydrogens (primary N) is 1. The number of para-hydroxylation sites is 1. The monoisotopic (exact) mass is 324 g/mol. The van der Waals surface area contributed by atoms with E-state index in [4.69, 9.17) is 38.5 Å². The van der Waals surface area contributed by atoms with Gasteiger partial charge >= 0.3 is 0 Å². The van der Waals surface area contributed by atoms with Gasteiger partial charge in [0.1, 0.15) is 13.2 Å². The van der Waals surface area contributed by atoms with E-state index in [2.05, 4.69) is 5.43 Å². The van der Waals surface area contributed by atoms with E-state index in [1.165, 1.54) is 0 Å². The molecule has 2 aromatic rings. The molecule has 0 spiro atoms. The summed E-state index contributed by atoms with van der Waals surface area (Å²) in [5.41, 5.74) is 4.42. The Bertz CT molecular complexity index is 664. The van der Waals surface area contributed by atoms with E-state index < -0.39 is 0 Å². The highest BCUT2D eigenvalue weighted by molar-refractivity contribution is 6.42. The number of hydrazine groups is 1. The summed E-state index contributed by atoms with van der Waals surface area (Å²) in [6.07, 6.45) is 0. The quantitative estimate of drug-likeness (QED) is 0.671. The van der Waals surface area contributed by atoms with Crippen LogP contribution in [0.1, 0.15) is 17.2 Å². The van der Waals surface area contributed by atoms with Crippen LogP contribution in [0.25, 0.3) is 0 Å². The fourth-order valence-corrected chi connectivity index (χ4v) is 2.83. The van der Waals surface area contributed by atoms with E-state index in [0.29, 0.717) is 34.8 Å².